The van der Waals surface area contributed by atoms with E-state index in [1.54, 1.807) is 0 Å². The molecular formula is C12H19N3. The Morgan fingerprint density at radius 2 is 2.40 bits per heavy atom. The Morgan fingerprint density at radius 1 is 1.53 bits per heavy atom. The van der Waals surface area contributed by atoms with Gasteiger partial charge in [0.05, 0.1) is 0 Å². The van der Waals surface area contributed by atoms with Crippen molar-refractivity contribution in [3.8, 4) is 0 Å². The van der Waals surface area contributed by atoms with Gasteiger partial charge in [0.25, 0.3) is 0 Å². The van der Waals surface area contributed by atoms with Crippen molar-refractivity contribution in [1.82, 2.24) is 4.98 Å². The summed E-state index contributed by atoms with van der Waals surface area (Å²) in [6.45, 7) is 3.96. The number of nitrogens with zero attached hydrogens (tertiary/aromatic N) is 2. The zero-order valence-electron chi connectivity index (χ0n) is 9.32. The molecule has 1 aliphatic heterocycles. The van der Waals surface area contributed by atoms with Crippen LogP contribution in [0.4, 0.5) is 5.82 Å². The summed E-state index contributed by atoms with van der Waals surface area (Å²) in [6.07, 6.45) is 5.73. The Labute approximate surface area is 91.3 Å². The first-order valence-electron chi connectivity index (χ1n) is 5.73. The molecule has 1 aliphatic rings. The van der Waals surface area contributed by atoms with Crippen LogP contribution in [0.25, 0.3) is 0 Å². The number of pyridine rings is 1. The predicted molar refractivity (Wildman–Crippen MR) is 62.8 cm³/mol. The third-order valence-corrected chi connectivity index (χ3v) is 3.16. The maximum absolute atomic E-state index is 5.74. The highest BCUT2D eigenvalue weighted by Gasteiger charge is 2.20. The lowest BCUT2D eigenvalue weighted by atomic mass is 10.0. The number of piperidine rings is 1. The molecule has 2 rings (SSSR count). The second-order valence-electron chi connectivity index (χ2n) is 4.23. The molecule has 1 aromatic rings. The summed E-state index contributed by atoms with van der Waals surface area (Å²) in [5.74, 6) is 1.09. The third kappa shape index (κ3) is 2.12. The lowest BCUT2D eigenvalue weighted by molar-refractivity contribution is 0.480. The quantitative estimate of drug-likeness (QED) is 0.802. The van der Waals surface area contributed by atoms with Gasteiger partial charge in [0.1, 0.15) is 5.82 Å². The van der Waals surface area contributed by atoms with Crippen LogP contribution in [0.3, 0.4) is 0 Å². The van der Waals surface area contributed by atoms with Gasteiger partial charge in [-0.3, -0.25) is 0 Å². The van der Waals surface area contributed by atoms with Crippen LogP contribution in [0.2, 0.25) is 0 Å². The van der Waals surface area contributed by atoms with Crippen molar-refractivity contribution in [1.29, 1.82) is 0 Å². The Kier molecular flexibility index (Phi) is 3.21. The van der Waals surface area contributed by atoms with Gasteiger partial charge in [-0.25, -0.2) is 4.98 Å². The molecule has 15 heavy (non-hydrogen) atoms. The van der Waals surface area contributed by atoms with Gasteiger partial charge < -0.3 is 10.6 Å². The Hall–Kier alpha value is -1.09. The molecule has 3 nitrogen and oxygen atoms in total. The monoisotopic (exact) mass is 205 g/mol. The van der Waals surface area contributed by atoms with E-state index >= 15 is 0 Å². The molecule has 1 atom stereocenters. The van der Waals surface area contributed by atoms with Gasteiger partial charge in [-0.2, -0.15) is 0 Å². The normalized spacial score (nSPS) is 21.7. The van der Waals surface area contributed by atoms with E-state index in [1.165, 1.54) is 19.3 Å². The van der Waals surface area contributed by atoms with Crippen molar-refractivity contribution >= 4 is 5.82 Å². The van der Waals surface area contributed by atoms with E-state index in [0.717, 1.165) is 17.9 Å². The number of hydrogen-bond acceptors (Lipinski definition) is 3. The van der Waals surface area contributed by atoms with Gasteiger partial charge in [-0.15, -0.1) is 0 Å². The molecule has 0 spiro atoms. The molecule has 0 aliphatic carbocycles. The zero-order valence-corrected chi connectivity index (χ0v) is 9.32. The molecule has 3 heteroatoms. The number of nitrogens with two attached hydrogens (primary N) is 1. The van der Waals surface area contributed by atoms with Gasteiger partial charge in [0.15, 0.2) is 0 Å². The molecule has 0 unspecified atom stereocenters. The standard InChI is InChI=1S/C12H19N3/c1-10-5-2-3-8-15(10)12-11(9-13)6-4-7-14-12/h4,6-7,10H,2-3,5,8-9,13H2,1H3/t10-/m0/s1. The van der Waals surface area contributed by atoms with E-state index in [2.05, 4.69) is 22.9 Å². The van der Waals surface area contributed by atoms with Gasteiger partial charge >= 0.3 is 0 Å². The van der Waals surface area contributed by atoms with E-state index < -0.39 is 0 Å². The van der Waals surface area contributed by atoms with Crippen LogP contribution in [0.1, 0.15) is 31.7 Å². The highest BCUT2D eigenvalue weighted by atomic mass is 15.2. The predicted octanol–water partition coefficient (Wildman–Crippen LogP) is 1.92. The Bertz CT molecular complexity index is 324. The summed E-state index contributed by atoms with van der Waals surface area (Å²) in [5, 5.41) is 0. The highest BCUT2D eigenvalue weighted by Crippen LogP contribution is 2.25. The van der Waals surface area contributed by atoms with Crippen LogP contribution in [0, 0.1) is 0 Å². The van der Waals surface area contributed by atoms with E-state index in [4.69, 9.17) is 5.73 Å². The second-order valence-corrected chi connectivity index (χ2v) is 4.23. The molecule has 2 heterocycles. The summed E-state index contributed by atoms with van der Waals surface area (Å²) in [6, 6.07) is 4.63. The fraction of sp³-hybridized carbons (Fsp3) is 0.583. The van der Waals surface area contributed by atoms with E-state index in [9.17, 15) is 0 Å². The van der Waals surface area contributed by atoms with Crippen molar-refractivity contribution in [2.24, 2.45) is 5.73 Å². The lowest BCUT2D eigenvalue weighted by Crippen LogP contribution is -2.38. The molecule has 0 radical (unpaired) electrons. The molecule has 0 aromatic carbocycles. The van der Waals surface area contributed by atoms with Crippen LogP contribution in [-0.4, -0.2) is 17.6 Å². The minimum atomic E-state index is 0.576. The molecule has 2 N–H and O–H groups in total. The van der Waals surface area contributed by atoms with Crippen LogP contribution in [-0.2, 0) is 6.54 Å². The van der Waals surface area contributed by atoms with Crippen LogP contribution < -0.4 is 10.6 Å². The largest absolute Gasteiger partial charge is 0.354 e. The number of rotatable bonds is 2. The smallest absolute Gasteiger partial charge is 0.133 e. The summed E-state index contributed by atoms with van der Waals surface area (Å²) >= 11 is 0. The van der Waals surface area contributed by atoms with E-state index in [0.29, 0.717) is 12.6 Å². The fourth-order valence-corrected chi connectivity index (χ4v) is 2.26. The summed E-state index contributed by atoms with van der Waals surface area (Å²) in [5.41, 5.74) is 6.89. The molecule has 0 bridgehead atoms. The highest BCUT2D eigenvalue weighted by molar-refractivity contribution is 5.47. The second kappa shape index (κ2) is 4.62. The molecule has 0 amide bonds. The van der Waals surface area contributed by atoms with Crippen molar-refractivity contribution in [3.63, 3.8) is 0 Å². The molecule has 1 aromatic heterocycles. The Balaban J connectivity index is 2.26. The third-order valence-electron chi connectivity index (χ3n) is 3.16. The number of hydrogen-bond donors (Lipinski definition) is 1. The molecular weight excluding hydrogens is 186 g/mol. The molecule has 82 valence electrons. The van der Waals surface area contributed by atoms with E-state index in [1.807, 2.05) is 12.3 Å². The van der Waals surface area contributed by atoms with Crippen LogP contribution >= 0.6 is 0 Å². The first kappa shape index (κ1) is 10.4. The van der Waals surface area contributed by atoms with Crippen molar-refractivity contribution in [3.05, 3.63) is 23.9 Å². The van der Waals surface area contributed by atoms with Crippen molar-refractivity contribution in [2.45, 2.75) is 38.8 Å². The topological polar surface area (TPSA) is 42.2 Å². The zero-order chi connectivity index (χ0) is 10.7. The maximum atomic E-state index is 5.74. The minimum Gasteiger partial charge on any atom is -0.354 e. The summed E-state index contributed by atoms with van der Waals surface area (Å²) < 4.78 is 0. The summed E-state index contributed by atoms with van der Waals surface area (Å²) in [4.78, 5) is 6.86. The van der Waals surface area contributed by atoms with Crippen LogP contribution in [0.5, 0.6) is 0 Å². The summed E-state index contributed by atoms with van der Waals surface area (Å²) in [7, 11) is 0. The number of aromatic nitrogens is 1. The van der Waals surface area contributed by atoms with Crippen molar-refractivity contribution in [2.75, 3.05) is 11.4 Å². The van der Waals surface area contributed by atoms with Crippen LogP contribution in [0.15, 0.2) is 18.3 Å². The average Bonchev–Trinajstić information content (AvgIpc) is 2.30. The SMILES string of the molecule is C[C@H]1CCCCN1c1ncccc1CN. The minimum absolute atomic E-state index is 0.576. The van der Waals surface area contributed by atoms with Gasteiger partial charge in [0.2, 0.25) is 0 Å². The lowest BCUT2D eigenvalue weighted by Gasteiger charge is -2.35. The van der Waals surface area contributed by atoms with Gasteiger partial charge in [0, 0.05) is 30.9 Å². The fourth-order valence-electron chi connectivity index (χ4n) is 2.26. The van der Waals surface area contributed by atoms with E-state index in [-0.39, 0.29) is 0 Å². The van der Waals surface area contributed by atoms with Crippen molar-refractivity contribution < 1.29 is 0 Å². The van der Waals surface area contributed by atoms with Gasteiger partial charge in [-0.1, -0.05) is 6.07 Å². The Morgan fingerprint density at radius 3 is 3.13 bits per heavy atom. The van der Waals surface area contributed by atoms with Gasteiger partial charge in [-0.05, 0) is 32.3 Å². The average molecular weight is 205 g/mol. The molecule has 0 saturated carbocycles. The number of anilines is 1. The maximum Gasteiger partial charge on any atom is 0.133 e. The first-order chi connectivity index (χ1) is 7.33. The first-order valence-corrected chi connectivity index (χ1v) is 5.73. The molecule has 1 saturated heterocycles. The molecule has 1 fully saturated rings.